The Morgan fingerprint density at radius 1 is 1.38 bits per heavy atom. The van der Waals surface area contributed by atoms with Crippen LogP contribution in [-0.2, 0) is 11.8 Å². The molecule has 1 aliphatic rings. The summed E-state index contributed by atoms with van der Waals surface area (Å²) in [5, 5.41) is 0. The van der Waals surface area contributed by atoms with Crippen LogP contribution in [0.3, 0.4) is 0 Å². The molecule has 0 aliphatic heterocycles. The van der Waals surface area contributed by atoms with Crippen LogP contribution in [0.15, 0.2) is 24.8 Å². The maximum absolute atomic E-state index is 4.10. The van der Waals surface area contributed by atoms with E-state index in [1.54, 1.807) is 11.8 Å². The first-order valence-corrected chi connectivity index (χ1v) is 7.14. The van der Waals surface area contributed by atoms with Crippen LogP contribution in [0.2, 0.25) is 0 Å². The normalized spacial score (nSPS) is 17.9. The van der Waals surface area contributed by atoms with Gasteiger partial charge in [0.15, 0.2) is 0 Å². The van der Waals surface area contributed by atoms with Gasteiger partial charge in [0.1, 0.15) is 0 Å². The van der Waals surface area contributed by atoms with Crippen molar-refractivity contribution >= 4 is 16.7 Å². The fraction of sp³-hybridized carbons (Fsp3) is 0.467. The summed E-state index contributed by atoms with van der Waals surface area (Å²) in [4.78, 5) is 1.17. The lowest BCUT2D eigenvalue weighted by atomic mass is 9.72. The Balaban J connectivity index is 2.47. The van der Waals surface area contributed by atoms with Crippen molar-refractivity contribution in [2.45, 2.75) is 38.5 Å². The monoisotopic (exact) mass is 232 g/mol. The Morgan fingerprint density at radius 3 is 2.81 bits per heavy atom. The van der Waals surface area contributed by atoms with Crippen LogP contribution in [0.1, 0.15) is 43.4 Å². The first-order chi connectivity index (χ1) is 7.54. The van der Waals surface area contributed by atoms with E-state index in [4.69, 9.17) is 0 Å². The highest BCUT2D eigenvalue weighted by atomic mass is 32.2. The van der Waals surface area contributed by atoms with Crippen molar-refractivity contribution < 1.29 is 0 Å². The van der Waals surface area contributed by atoms with E-state index < -0.39 is 0 Å². The summed E-state index contributed by atoms with van der Waals surface area (Å²) in [6.45, 7) is 8.82. The minimum Gasteiger partial charge on any atom is -0.130 e. The maximum atomic E-state index is 4.10. The summed E-state index contributed by atoms with van der Waals surface area (Å²) in [7, 11) is 0. The second kappa shape index (κ2) is 4.29. The fourth-order valence-electron chi connectivity index (χ4n) is 2.57. The van der Waals surface area contributed by atoms with Gasteiger partial charge in [-0.05, 0) is 53.7 Å². The second-order valence-electron chi connectivity index (χ2n) is 5.24. The van der Waals surface area contributed by atoms with E-state index in [-0.39, 0.29) is 0 Å². The van der Waals surface area contributed by atoms with Crippen LogP contribution < -0.4 is 0 Å². The molecule has 86 valence electrons. The molecule has 0 heterocycles. The molecule has 0 saturated heterocycles. The van der Waals surface area contributed by atoms with Gasteiger partial charge in [-0.25, -0.2) is 0 Å². The molecule has 0 nitrogen and oxygen atoms in total. The molecule has 0 saturated carbocycles. The number of hydrogen-bond acceptors (Lipinski definition) is 1. The van der Waals surface area contributed by atoms with Gasteiger partial charge >= 0.3 is 0 Å². The average molecular weight is 232 g/mol. The Morgan fingerprint density at radius 2 is 2.12 bits per heavy atom. The van der Waals surface area contributed by atoms with Crippen LogP contribution >= 0.6 is 11.8 Å². The summed E-state index contributed by atoms with van der Waals surface area (Å²) < 4.78 is 0. The number of benzene rings is 1. The molecule has 0 bridgehead atoms. The molecule has 0 fully saturated rings. The molecule has 2 rings (SSSR count). The molecule has 1 aliphatic carbocycles. The lowest BCUT2D eigenvalue weighted by molar-refractivity contribution is 0.432. The van der Waals surface area contributed by atoms with Crippen molar-refractivity contribution in [3.8, 4) is 0 Å². The second-order valence-corrected chi connectivity index (χ2v) is 6.14. The molecule has 16 heavy (non-hydrogen) atoms. The van der Waals surface area contributed by atoms with Gasteiger partial charge in [0.25, 0.3) is 0 Å². The van der Waals surface area contributed by atoms with Gasteiger partial charge in [-0.1, -0.05) is 32.6 Å². The summed E-state index contributed by atoms with van der Waals surface area (Å²) >= 11 is 1.73. The lowest BCUT2D eigenvalue weighted by Gasteiger charge is -2.33. The topological polar surface area (TPSA) is 0 Å². The Bertz CT molecular complexity index is 415. The Hall–Kier alpha value is -0.690. The van der Waals surface area contributed by atoms with Gasteiger partial charge < -0.3 is 0 Å². The van der Waals surface area contributed by atoms with Crippen LogP contribution in [0.25, 0.3) is 4.91 Å². The van der Waals surface area contributed by atoms with Crippen molar-refractivity contribution in [3.63, 3.8) is 0 Å². The summed E-state index contributed by atoms with van der Waals surface area (Å²) in [5.74, 6) is 0. The van der Waals surface area contributed by atoms with Crippen molar-refractivity contribution in [2.24, 2.45) is 0 Å². The van der Waals surface area contributed by atoms with Crippen molar-refractivity contribution in [2.75, 3.05) is 6.26 Å². The zero-order valence-corrected chi connectivity index (χ0v) is 11.3. The highest BCUT2D eigenvalue weighted by Gasteiger charge is 2.27. The average Bonchev–Trinajstić information content (AvgIpc) is 2.27. The van der Waals surface area contributed by atoms with Gasteiger partial charge in [0, 0.05) is 4.91 Å². The van der Waals surface area contributed by atoms with E-state index in [9.17, 15) is 0 Å². The Labute approximate surface area is 103 Å². The van der Waals surface area contributed by atoms with Crippen LogP contribution in [0.5, 0.6) is 0 Å². The van der Waals surface area contributed by atoms with E-state index in [1.165, 1.54) is 40.9 Å². The molecule has 0 atom stereocenters. The summed E-state index contributed by atoms with van der Waals surface area (Å²) in [5.41, 5.74) is 4.70. The van der Waals surface area contributed by atoms with Crippen LogP contribution in [0.4, 0.5) is 0 Å². The maximum Gasteiger partial charge on any atom is 0.00698 e. The van der Waals surface area contributed by atoms with Crippen molar-refractivity contribution in [1.82, 2.24) is 0 Å². The van der Waals surface area contributed by atoms with Gasteiger partial charge in [-0.3, -0.25) is 0 Å². The molecular weight excluding hydrogens is 212 g/mol. The fourth-order valence-corrected chi connectivity index (χ4v) is 2.93. The first-order valence-electron chi connectivity index (χ1n) is 5.91. The smallest absolute Gasteiger partial charge is 0.00698 e. The third kappa shape index (κ3) is 2.06. The first kappa shape index (κ1) is 11.8. The SMILES string of the molecule is C=C(SC)c1ccc2c(c1)C(C)(C)CCC2. The predicted octanol–water partition coefficient (Wildman–Crippen LogP) is 4.63. The Kier molecular flexibility index (Phi) is 3.16. The zero-order valence-electron chi connectivity index (χ0n) is 10.5. The number of thioether (sulfide) groups is 1. The highest BCUT2D eigenvalue weighted by Crippen LogP contribution is 2.38. The molecule has 0 radical (unpaired) electrons. The quantitative estimate of drug-likeness (QED) is 0.716. The van der Waals surface area contributed by atoms with E-state index in [1.807, 2.05) is 0 Å². The van der Waals surface area contributed by atoms with Crippen molar-refractivity contribution in [1.29, 1.82) is 0 Å². The lowest BCUT2D eigenvalue weighted by Crippen LogP contribution is -2.23. The number of aryl methyl sites for hydroxylation is 1. The standard InChI is InChI=1S/C15H20S/c1-11(16-4)13-8-7-12-6-5-9-15(2,3)14(12)10-13/h7-8,10H,1,5-6,9H2,2-4H3. The predicted molar refractivity (Wildman–Crippen MR) is 75.0 cm³/mol. The molecule has 0 spiro atoms. The third-order valence-electron chi connectivity index (χ3n) is 3.66. The van der Waals surface area contributed by atoms with E-state index in [0.29, 0.717) is 5.41 Å². The largest absolute Gasteiger partial charge is 0.130 e. The van der Waals surface area contributed by atoms with Gasteiger partial charge in [-0.15, -0.1) is 11.8 Å². The molecule has 0 amide bonds. The van der Waals surface area contributed by atoms with Crippen molar-refractivity contribution in [3.05, 3.63) is 41.5 Å². The van der Waals surface area contributed by atoms with Gasteiger partial charge in [-0.2, -0.15) is 0 Å². The minimum atomic E-state index is 0.336. The highest BCUT2D eigenvalue weighted by molar-refractivity contribution is 8.07. The molecule has 1 aromatic carbocycles. The molecule has 0 N–H and O–H groups in total. The van der Waals surface area contributed by atoms with Gasteiger partial charge in [0.05, 0.1) is 0 Å². The van der Waals surface area contributed by atoms with Crippen LogP contribution in [-0.4, -0.2) is 6.26 Å². The number of fused-ring (bicyclic) bond motifs is 1. The van der Waals surface area contributed by atoms with E-state index in [2.05, 4.69) is 44.9 Å². The minimum absolute atomic E-state index is 0.336. The molecular formula is C15H20S. The summed E-state index contributed by atoms with van der Waals surface area (Å²) in [6, 6.07) is 6.87. The zero-order chi connectivity index (χ0) is 11.8. The summed E-state index contributed by atoms with van der Waals surface area (Å²) in [6.07, 6.45) is 5.95. The molecule has 1 heteroatoms. The van der Waals surface area contributed by atoms with Crippen LogP contribution in [0, 0.1) is 0 Å². The third-order valence-corrected chi connectivity index (χ3v) is 4.38. The molecule has 0 aromatic heterocycles. The van der Waals surface area contributed by atoms with Gasteiger partial charge in [0.2, 0.25) is 0 Å². The molecule has 1 aromatic rings. The molecule has 0 unspecified atom stereocenters. The number of rotatable bonds is 2. The number of hydrogen-bond donors (Lipinski definition) is 0. The van der Waals surface area contributed by atoms with E-state index >= 15 is 0 Å². The van der Waals surface area contributed by atoms with E-state index in [0.717, 1.165) is 0 Å².